The second-order valence-electron chi connectivity index (χ2n) is 5.35. The van der Waals surface area contributed by atoms with Crippen molar-refractivity contribution in [3.05, 3.63) is 36.0 Å². The number of carbonyl (C=O) groups is 1. The van der Waals surface area contributed by atoms with Crippen molar-refractivity contribution in [1.29, 1.82) is 0 Å². The van der Waals surface area contributed by atoms with Gasteiger partial charge in [0.25, 0.3) is 5.91 Å². The molecule has 1 aromatic heterocycles. The second kappa shape index (κ2) is 3.87. The minimum absolute atomic E-state index is 0.0338. The molecule has 18 heavy (non-hydrogen) atoms. The summed E-state index contributed by atoms with van der Waals surface area (Å²) < 4.78 is 2.08. The van der Waals surface area contributed by atoms with Crippen LogP contribution >= 0.6 is 0 Å². The third-order valence-electron chi connectivity index (χ3n) is 3.77. The third-order valence-corrected chi connectivity index (χ3v) is 3.77. The van der Waals surface area contributed by atoms with Crippen LogP contribution in [0.4, 0.5) is 0 Å². The Labute approximate surface area is 107 Å². The summed E-state index contributed by atoms with van der Waals surface area (Å²) in [6.45, 7) is 4.98. The summed E-state index contributed by atoms with van der Waals surface area (Å²) in [6, 6.07) is 10.1. The third kappa shape index (κ3) is 1.80. The first-order chi connectivity index (χ1) is 8.63. The molecule has 0 unspecified atom stereocenters. The first-order valence-corrected chi connectivity index (χ1v) is 6.54. The number of hydrogen-bond acceptors (Lipinski definition) is 1. The average Bonchev–Trinajstić information content (AvgIpc) is 2.95. The summed E-state index contributed by atoms with van der Waals surface area (Å²) >= 11 is 0. The van der Waals surface area contributed by atoms with Crippen LogP contribution in [0, 0.1) is 0 Å². The van der Waals surface area contributed by atoms with Crippen molar-refractivity contribution in [2.45, 2.75) is 38.8 Å². The number of nitrogens with one attached hydrogen (secondary N) is 1. The maximum atomic E-state index is 12.3. The van der Waals surface area contributed by atoms with Gasteiger partial charge in [0.1, 0.15) is 5.69 Å². The van der Waals surface area contributed by atoms with Gasteiger partial charge in [0.05, 0.1) is 0 Å². The van der Waals surface area contributed by atoms with Gasteiger partial charge < -0.3 is 9.88 Å². The lowest BCUT2D eigenvalue weighted by Crippen LogP contribution is -2.35. The molecule has 3 rings (SSSR count). The molecule has 0 atom stereocenters. The van der Waals surface area contributed by atoms with Gasteiger partial charge in [-0.3, -0.25) is 4.79 Å². The fraction of sp³-hybridized carbons (Fsp3) is 0.400. The van der Waals surface area contributed by atoms with Crippen LogP contribution in [0.5, 0.6) is 0 Å². The Bertz CT molecular complexity index is 608. The average molecular weight is 242 g/mol. The number of benzene rings is 1. The molecule has 0 saturated heterocycles. The van der Waals surface area contributed by atoms with Crippen LogP contribution in [-0.4, -0.2) is 16.0 Å². The van der Waals surface area contributed by atoms with Crippen LogP contribution in [0.2, 0.25) is 0 Å². The van der Waals surface area contributed by atoms with Crippen LogP contribution in [0.25, 0.3) is 10.9 Å². The van der Waals surface area contributed by atoms with E-state index in [-0.39, 0.29) is 11.4 Å². The molecule has 1 heterocycles. The van der Waals surface area contributed by atoms with E-state index in [0.29, 0.717) is 0 Å². The maximum Gasteiger partial charge on any atom is 0.268 e. The van der Waals surface area contributed by atoms with Crippen LogP contribution in [-0.2, 0) is 6.54 Å². The number of aromatic nitrogens is 1. The number of carbonyl (C=O) groups excluding carboxylic acids is 1. The number of amides is 1. The molecule has 1 aromatic carbocycles. The van der Waals surface area contributed by atoms with Crippen LogP contribution in [0.3, 0.4) is 0 Å². The summed E-state index contributed by atoms with van der Waals surface area (Å²) in [6.07, 6.45) is 2.18. The Morgan fingerprint density at radius 3 is 2.78 bits per heavy atom. The molecule has 1 N–H and O–H groups in total. The Kier molecular flexibility index (Phi) is 2.44. The largest absolute Gasteiger partial charge is 0.346 e. The van der Waals surface area contributed by atoms with Crippen LogP contribution in [0.15, 0.2) is 30.3 Å². The molecule has 1 aliphatic rings. The van der Waals surface area contributed by atoms with Gasteiger partial charge in [0.2, 0.25) is 0 Å². The highest BCUT2D eigenvalue weighted by atomic mass is 16.2. The summed E-state index contributed by atoms with van der Waals surface area (Å²) in [4.78, 5) is 12.3. The van der Waals surface area contributed by atoms with Crippen LogP contribution in [0.1, 0.15) is 37.2 Å². The summed E-state index contributed by atoms with van der Waals surface area (Å²) in [5, 5.41) is 4.25. The van der Waals surface area contributed by atoms with Crippen molar-refractivity contribution in [2.75, 3.05) is 0 Å². The zero-order chi connectivity index (χ0) is 12.8. The van der Waals surface area contributed by atoms with Crippen molar-refractivity contribution >= 4 is 16.8 Å². The van der Waals surface area contributed by atoms with Crippen molar-refractivity contribution in [1.82, 2.24) is 9.88 Å². The predicted molar refractivity (Wildman–Crippen MR) is 72.7 cm³/mol. The van der Waals surface area contributed by atoms with E-state index >= 15 is 0 Å². The molecule has 0 aliphatic heterocycles. The number of nitrogens with zero attached hydrogens (tertiary/aromatic N) is 1. The summed E-state index contributed by atoms with van der Waals surface area (Å²) in [7, 11) is 0. The topological polar surface area (TPSA) is 34.0 Å². The monoisotopic (exact) mass is 242 g/mol. The van der Waals surface area contributed by atoms with Gasteiger partial charge >= 0.3 is 0 Å². The fourth-order valence-corrected chi connectivity index (χ4v) is 2.39. The van der Waals surface area contributed by atoms with Gasteiger partial charge in [-0.25, -0.2) is 0 Å². The quantitative estimate of drug-likeness (QED) is 0.882. The fourth-order valence-electron chi connectivity index (χ4n) is 2.39. The molecule has 1 amide bonds. The van der Waals surface area contributed by atoms with Crippen molar-refractivity contribution in [3.63, 3.8) is 0 Å². The highest BCUT2D eigenvalue weighted by molar-refractivity contribution is 5.99. The first kappa shape index (κ1) is 11.3. The maximum absolute atomic E-state index is 12.3. The molecule has 94 valence electrons. The minimum Gasteiger partial charge on any atom is -0.346 e. The van der Waals surface area contributed by atoms with E-state index in [4.69, 9.17) is 0 Å². The number of rotatable bonds is 3. The first-order valence-electron chi connectivity index (χ1n) is 6.54. The highest BCUT2D eigenvalue weighted by Gasteiger charge is 2.39. The van der Waals surface area contributed by atoms with Gasteiger partial charge in [-0.2, -0.15) is 0 Å². The Balaban J connectivity index is 2.02. The van der Waals surface area contributed by atoms with Crippen molar-refractivity contribution in [2.24, 2.45) is 0 Å². The molecule has 2 aromatic rings. The van der Waals surface area contributed by atoms with E-state index < -0.39 is 0 Å². The van der Waals surface area contributed by atoms with E-state index in [1.165, 1.54) is 0 Å². The molecule has 0 bridgehead atoms. The Hall–Kier alpha value is -1.77. The molecule has 1 aliphatic carbocycles. The molecule has 1 fully saturated rings. The molecule has 3 heteroatoms. The number of para-hydroxylation sites is 1. The van der Waals surface area contributed by atoms with Gasteiger partial charge in [-0.05, 0) is 38.8 Å². The lowest BCUT2D eigenvalue weighted by molar-refractivity contribution is 0.0926. The standard InChI is InChI=1S/C15H18N2O/c1-3-17-12-7-5-4-6-11(12)10-13(17)14(18)16-15(2)8-9-15/h4-7,10H,3,8-9H2,1-2H3,(H,16,18). The van der Waals surface area contributed by atoms with E-state index in [0.717, 1.165) is 36.0 Å². The highest BCUT2D eigenvalue weighted by Crippen LogP contribution is 2.34. The van der Waals surface area contributed by atoms with Gasteiger partial charge in [0, 0.05) is 23.0 Å². The normalized spacial score (nSPS) is 16.8. The molecule has 0 radical (unpaired) electrons. The van der Waals surface area contributed by atoms with Crippen molar-refractivity contribution in [3.8, 4) is 0 Å². The number of fused-ring (bicyclic) bond motifs is 1. The van der Waals surface area contributed by atoms with Gasteiger partial charge in [-0.15, -0.1) is 0 Å². The number of hydrogen-bond donors (Lipinski definition) is 1. The van der Waals surface area contributed by atoms with E-state index in [2.05, 4.69) is 35.9 Å². The summed E-state index contributed by atoms with van der Waals surface area (Å²) in [5.74, 6) is 0.0491. The van der Waals surface area contributed by atoms with Gasteiger partial charge in [-0.1, -0.05) is 18.2 Å². The van der Waals surface area contributed by atoms with Crippen molar-refractivity contribution < 1.29 is 4.79 Å². The van der Waals surface area contributed by atoms with E-state index in [1.807, 2.05) is 18.2 Å². The number of aryl methyl sites for hydroxylation is 1. The van der Waals surface area contributed by atoms with Crippen LogP contribution < -0.4 is 5.32 Å². The SMILES string of the molecule is CCn1c(C(=O)NC2(C)CC2)cc2ccccc21. The van der Waals surface area contributed by atoms with E-state index in [1.54, 1.807) is 0 Å². The van der Waals surface area contributed by atoms with Gasteiger partial charge in [0.15, 0.2) is 0 Å². The minimum atomic E-state index is 0.0338. The lowest BCUT2D eigenvalue weighted by atomic mass is 10.2. The molecule has 1 saturated carbocycles. The zero-order valence-electron chi connectivity index (χ0n) is 10.9. The lowest BCUT2D eigenvalue weighted by Gasteiger charge is -2.13. The predicted octanol–water partition coefficient (Wildman–Crippen LogP) is 2.94. The zero-order valence-corrected chi connectivity index (χ0v) is 10.9. The molecular weight excluding hydrogens is 224 g/mol. The van der Waals surface area contributed by atoms with E-state index in [9.17, 15) is 4.79 Å². The Morgan fingerprint density at radius 2 is 2.11 bits per heavy atom. The molecule has 3 nitrogen and oxygen atoms in total. The summed E-state index contributed by atoms with van der Waals surface area (Å²) in [5.41, 5.74) is 1.93. The smallest absolute Gasteiger partial charge is 0.268 e. The molecular formula is C15H18N2O. The molecule has 0 spiro atoms. The second-order valence-corrected chi connectivity index (χ2v) is 5.35. The Morgan fingerprint density at radius 1 is 1.39 bits per heavy atom.